The lowest BCUT2D eigenvalue weighted by Gasteiger charge is -2.08. The van der Waals surface area contributed by atoms with Gasteiger partial charge in [0.15, 0.2) is 0 Å². The van der Waals surface area contributed by atoms with Crippen molar-refractivity contribution in [2.75, 3.05) is 18.5 Å². The molecule has 0 heterocycles. The lowest BCUT2D eigenvalue weighted by molar-refractivity contribution is 0.340. The van der Waals surface area contributed by atoms with Crippen molar-refractivity contribution in [2.45, 2.75) is 46.0 Å². The Kier molecular flexibility index (Phi) is 7.28. The van der Waals surface area contributed by atoms with Crippen molar-refractivity contribution in [2.24, 2.45) is 0 Å². The van der Waals surface area contributed by atoms with Gasteiger partial charge in [0.2, 0.25) is 0 Å². The van der Waals surface area contributed by atoms with E-state index in [4.69, 9.17) is 4.74 Å². The van der Waals surface area contributed by atoms with Crippen molar-refractivity contribution in [3.63, 3.8) is 0 Å². The van der Waals surface area contributed by atoms with Crippen molar-refractivity contribution >= 4 is 5.69 Å². The van der Waals surface area contributed by atoms with Gasteiger partial charge < -0.3 is 10.1 Å². The molecule has 1 aromatic rings. The van der Waals surface area contributed by atoms with Crippen LogP contribution in [0.4, 0.5) is 5.69 Å². The quantitative estimate of drug-likeness (QED) is 0.638. The van der Waals surface area contributed by atoms with Crippen molar-refractivity contribution in [3.05, 3.63) is 24.3 Å². The zero-order valence-corrected chi connectivity index (χ0v) is 11.2. The first-order chi connectivity index (χ1) is 8.36. The van der Waals surface area contributed by atoms with Crippen LogP contribution in [-0.4, -0.2) is 13.2 Å². The van der Waals surface area contributed by atoms with Crippen LogP contribution in [-0.2, 0) is 0 Å². The molecule has 0 fully saturated rings. The van der Waals surface area contributed by atoms with Crippen LogP contribution >= 0.6 is 0 Å². The molecule has 0 saturated carbocycles. The van der Waals surface area contributed by atoms with E-state index in [0.29, 0.717) is 0 Å². The van der Waals surface area contributed by atoms with Crippen LogP contribution in [0.15, 0.2) is 24.3 Å². The monoisotopic (exact) mass is 235 g/mol. The van der Waals surface area contributed by atoms with Crippen molar-refractivity contribution in [3.8, 4) is 5.75 Å². The van der Waals surface area contributed by atoms with Gasteiger partial charge in [-0.1, -0.05) is 38.7 Å². The van der Waals surface area contributed by atoms with Gasteiger partial charge in [-0.05, 0) is 25.5 Å². The van der Waals surface area contributed by atoms with Gasteiger partial charge in [-0.2, -0.15) is 0 Å². The third-order valence-corrected chi connectivity index (χ3v) is 2.75. The third-order valence-electron chi connectivity index (χ3n) is 2.75. The maximum atomic E-state index is 5.47. The van der Waals surface area contributed by atoms with Gasteiger partial charge in [0, 0.05) is 18.3 Å². The molecule has 0 bridgehead atoms. The van der Waals surface area contributed by atoms with Crippen LogP contribution in [0.25, 0.3) is 0 Å². The highest BCUT2D eigenvalue weighted by Gasteiger charge is 1.95. The zero-order valence-electron chi connectivity index (χ0n) is 11.2. The van der Waals surface area contributed by atoms with E-state index in [1.807, 2.05) is 19.1 Å². The molecule has 1 N–H and O–H groups in total. The highest BCUT2D eigenvalue weighted by atomic mass is 16.5. The minimum Gasteiger partial charge on any atom is -0.494 e. The second kappa shape index (κ2) is 8.91. The number of benzene rings is 1. The van der Waals surface area contributed by atoms with E-state index in [9.17, 15) is 0 Å². The SMILES string of the molecule is CCCCCCCNc1cccc(OCC)c1. The standard InChI is InChI=1S/C15H25NO/c1-3-5-6-7-8-12-16-14-10-9-11-15(13-14)17-4-2/h9-11,13,16H,3-8,12H2,1-2H3. The third kappa shape index (κ3) is 6.20. The molecule has 0 saturated heterocycles. The maximum absolute atomic E-state index is 5.47. The first-order valence-electron chi connectivity index (χ1n) is 6.83. The Bertz CT molecular complexity index is 299. The highest BCUT2D eigenvalue weighted by molar-refractivity contribution is 5.48. The summed E-state index contributed by atoms with van der Waals surface area (Å²) < 4.78 is 5.47. The average Bonchev–Trinajstić information content (AvgIpc) is 2.35. The molecule has 1 rings (SSSR count). The second-order valence-electron chi connectivity index (χ2n) is 4.30. The molecule has 2 heteroatoms. The molecule has 0 spiro atoms. The summed E-state index contributed by atoms with van der Waals surface area (Å²) in [5, 5.41) is 3.44. The van der Waals surface area contributed by atoms with E-state index < -0.39 is 0 Å². The number of hydrogen-bond donors (Lipinski definition) is 1. The molecule has 0 aliphatic rings. The number of rotatable bonds is 9. The smallest absolute Gasteiger partial charge is 0.121 e. The Morgan fingerprint density at radius 3 is 2.65 bits per heavy atom. The fraction of sp³-hybridized carbons (Fsp3) is 0.600. The van der Waals surface area contributed by atoms with Crippen molar-refractivity contribution in [1.29, 1.82) is 0 Å². The fourth-order valence-electron chi connectivity index (χ4n) is 1.82. The molecule has 96 valence electrons. The van der Waals surface area contributed by atoms with E-state index in [0.717, 1.165) is 24.6 Å². The molecule has 17 heavy (non-hydrogen) atoms. The Morgan fingerprint density at radius 2 is 1.88 bits per heavy atom. The topological polar surface area (TPSA) is 21.3 Å². The lowest BCUT2D eigenvalue weighted by Crippen LogP contribution is -2.01. The van der Waals surface area contributed by atoms with E-state index in [2.05, 4.69) is 24.4 Å². The first kappa shape index (κ1) is 13.9. The fourth-order valence-corrected chi connectivity index (χ4v) is 1.82. The minimum absolute atomic E-state index is 0.723. The molecule has 0 amide bonds. The number of nitrogens with one attached hydrogen (secondary N) is 1. The van der Waals surface area contributed by atoms with Crippen LogP contribution < -0.4 is 10.1 Å². The molecule has 2 nitrogen and oxygen atoms in total. The van der Waals surface area contributed by atoms with Gasteiger partial charge in [-0.3, -0.25) is 0 Å². The molecule has 0 unspecified atom stereocenters. The summed E-state index contributed by atoms with van der Waals surface area (Å²) in [5.41, 5.74) is 1.16. The molecule has 0 aliphatic carbocycles. The first-order valence-corrected chi connectivity index (χ1v) is 6.83. The summed E-state index contributed by atoms with van der Waals surface area (Å²) in [6, 6.07) is 8.18. The van der Waals surface area contributed by atoms with Gasteiger partial charge in [-0.25, -0.2) is 0 Å². The van der Waals surface area contributed by atoms with Gasteiger partial charge in [0.05, 0.1) is 6.61 Å². The largest absolute Gasteiger partial charge is 0.494 e. The van der Waals surface area contributed by atoms with Gasteiger partial charge in [0.1, 0.15) is 5.75 Å². The number of anilines is 1. The van der Waals surface area contributed by atoms with E-state index in [1.54, 1.807) is 0 Å². The predicted molar refractivity (Wildman–Crippen MR) is 74.9 cm³/mol. The lowest BCUT2D eigenvalue weighted by atomic mass is 10.1. The summed E-state index contributed by atoms with van der Waals surface area (Å²) in [5.74, 6) is 0.948. The van der Waals surface area contributed by atoms with E-state index in [-0.39, 0.29) is 0 Å². The Morgan fingerprint density at radius 1 is 1.06 bits per heavy atom. The number of unbranched alkanes of at least 4 members (excludes halogenated alkanes) is 4. The van der Waals surface area contributed by atoms with Gasteiger partial charge in [0.25, 0.3) is 0 Å². The zero-order chi connectivity index (χ0) is 12.3. The summed E-state index contributed by atoms with van der Waals surface area (Å²) in [7, 11) is 0. The van der Waals surface area contributed by atoms with E-state index in [1.165, 1.54) is 32.1 Å². The predicted octanol–water partition coefficient (Wildman–Crippen LogP) is 4.47. The summed E-state index contributed by atoms with van der Waals surface area (Å²) in [4.78, 5) is 0. The second-order valence-corrected chi connectivity index (χ2v) is 4.30. The van der Waals surface area contributed by atoms with Crippen LogP contribution in [0.1, 0.15) is 46.0 Å². The maximum Gasteiger partial charge on any atom is 0.121 e. The Labute approximate surface area is 105 Å². The summed E-state index contributed by atoms with van der Waals surface area (Å²) in [6.07, 6.45) is 6.60. The molecule has 1 aromatic carbocycles. The number of ether oxygens (including phenoxy) is 1. The van der Waals surface area contributed by atoms with Crippen LogP contribution in [0.3, 0.4) is 0 Å². The molecular formula is C15H25NO. The van der Waals surface area contributed by atoms with Gasteiger partial charge in [-0.15, -0.1) is 0 Å². The Hall–Kier alpha value is -1.18. The van der Waals surface area contributed by atoms with Crippen LogP contribution in [0, 0.1) is 0 Å². The molecule has 0 aliphatic heterocycles. The summed E-state index contributed by atoms with van der Waals surface area (Å²) >= 11 is 0. The minimum atomic E-state index is 0.723. The molecule has 0 radical (unpaired) electrons. The average molecular weight is 235 g/mol. The molecule has 0 atom stereocenters. The van der Waals surface area contributed by atoms with Crippen LogP contribution in [0.5, 0.6) is 5.75 Å². The summed E-state index contributed by atoms with van der Waals surface area (Å²) in [6.45, 7) is 6.03. The number of hydrogen-bond acceptors (Lipinski definition) is 2. The van der Waals surface area contributed by atoms with Crippen molar-refractivity contribution in [1.82, 2.24) is 0 Å². The van der Waals surface area contributed by atoms with Crippen LogP contribution in [0.2, 0.25) is 0 Å². The van der Waals surface area contributed by atoms with E-state index >= 15 is 0 Å². The van der Waals surface area contributed by atoms with Gasteiger partial charge >= 0.3 is 0 Å². The normalized spacial score (nSPS) is 10.2. The highest BCUT2D eigenvalue weighted by Crippen LogP contribution is 2.17. The molecule has 0 aromatic heterocycles. The van der Waals surface area contributed by atoms with Crippen molar-refractivity contribution < 1.29 is 4.74 Å². The Balaban J connectivity index is 2.19. The molecular weight excluding hydrogens is 210 g/mol.